The summed E-state index contributed by atoms with van der Waals surface area (Å²) in [5, 5.41) is 2.80. The zero-order valence-electron chi connectivity index (χ0n) is 12.4. The van der Waals surface area contributed by atoms with Crippen molar-refractivity contribution in [1.82, 2.24) is 4.90 Å². The van der Waals surface area contributed by atoms with Crippen LogP contribution in [0.2, 0.25) is 0 Å². The minimum Gasteiger partial charge on any atom is -0.370 e. The van der Waals surface area contributed by atoms with Crippen molar-refractivity contribution in [3.8, 4) is 0 Å². The molecule has 3 N–H and O–H groups in total. The lowest BCUT2D eigenvalue weighted by Gasteiger charge is -2.20. The van der Waals surface area contributed by atoms with Crippen molar-refractivity contribution in [2.45, 2.75) is 25.7 Å². The maximum Gasteiger partial charge on any atom is 0.246 e. The number of hydrogen-bond donors (Lipinski definition) is 2. The lowest BCUT2D eigenvalue weighted by atomic mass is 10.2. The smallest absolute Gasteiger partial charge is 0.246 e. The summed E-state index contributed by atoms with van der Waals surface area (Å²) in [6, 6.07) is 7.46. The number of rotatable bonds is 3. The summed E-state index contributed by atoms with van der Waals surface area (Å²) in [5.74, 6) is 0.312. The van der Waals surface area contributed by atoms with E-state index in [0.29, 0.717) is 5.96 Å². The predicted octanol–water partition coefficient (Wildman–Crippen LogP) is 3.20. The summed E-state index contributed by atoms with van der Waals surface area (Å²) in [7, 11) is 0. The zero-order chi connectivity index (χ0) is 15.1. The Bertz CT molecular complexity index is 516. The van der Waals surface area contributed by atoms with Crippen LogP contribution >= 0.6 is 39.9 Å². The van der Waals surface area contributed by atoms with E-state index in [1.165, 1.54) is 12.8 Å². The molecule has 1 aliphatic rings. The SMILES string of the molecule is I.NC(=NCC(=O)Nc1cccc(Br)c1)N1CCCCCC1. The molecule has 0 unspecified atom stereocenters. The molecule has 1 heterocycles. The number of nitrogens with two attached hydrogens (primary N) is 1. The van der Waals surface area contributed by atoms with Gasteiger partial charge in [-0.1, -0.05) is 34.8 Å². The number of guanidine groups is 1. The molecule has 1 saturated heterocycles. The van der Waals surface area contributed by atoms with Gasteiger partial charge in [-0.05, 0) is 31.0 Å². The molecule has 0 atom stereocenters. The van der Waals surface area contributed by atoms with Crippen molar-refractivity contribution in [3.05, 3.63) is 28.7 Å². The number of carbonyl (C=O) groups excluding carboxylic acids is 1. The minimum absolute atomic E-state index is 0. The molecule has 0 spiro atoms. The fourth-order valence-corrected chi connectivity index (χ4v) is 2.72. The predicted molar refractivity (Wildman–Crippen MR) is 105 cm³/mol. The number of nitrogens with zero attached hydrogens (tertiary/aromatic N) is 2. The lowest BCUT2D eigenvalue weighted by molar-refractivity contribution is -0.114. The van der Waals surface area contributed by atoms with E-state index in [-0.39, 0.29) is 36.4 Å². The number of carbonyl (C=O) groups is 1. The second kappa shape index (κ2) is 10.0. The first-order valence-electron chi connectivity index (χ1n) is 7.25. The number of aliphatic imine (C=N–C) groups is 1. The van der Waals surface area contributed by atoms with Crippen LogP contribution in [0.3, 0.4) is 0 Å². The second-order valence-electron chi connectivity index (χ2n) is 5.13. The summed E-state index contributed by atoms with van der Waals surface area (Å²) in [5.41, 5.74) is 6.72. The summed E-state index contributed by atoms with van der Waals surface area (Å²) >= 11 is 3.37. The normalized spacial score (nSPS) is 15.7. The Balaban J connectivity index is 0.00000242. The Morgan fingerprint density at radius 3 is 2.59 bits per heavy atom. The monoisotopic (exact) mass is 480 g/mol. The van der Waals surface area contributed by atoms with E-state index in [1.54, 1.807) is 0 Å². The first-order valence-corrected chi connectivity index (χ1v) is 8.05. The number of anilines is 1. The Morgan fingerprint density at radius 2 is 1.95 bits per heavy atom. The van der Waals surface area contributed by atoms with Crippen LogP contribution < -0.4 is 11.1 Å². The summed E-state index contributed by atoms with van der Waals surface area (Å²) < 4.78 is 0.924. The molecule has 1 fully saturated rings. The molecule has 5 nitrogen and oxygen atoms in total. The third kappa shape index (κ3) is 6.51. The molecule has 22 heavy (non-hydrogen) atoms. The van der Waals surface area contributed by atoms with Crippen molar-refractivity contribution in [2.24, 2.45) is 10.7 Å². The van der Waals surface area contributed by atoms with Crippen molar-refractivity contribution >= 4 is 57.5 Å². The molecule has 1 aromatic carbocycles. The van der Waals surface area contributed by atoms with Gasteiger partial charge in [0.05, 0.1) is 0 Å². The average molecular weight is 481 g/mol. The highest BCUT2D eigenvalue weighted by molar-refractivity contribution is 14.0. The molecule has 1 aliphatic heterocycles. The van der Waals surface area contributed by atoms with Crippen LogP contribution in [-0.2, 0) is 4.79 Å². The number of likely N-dealkylation sites (tertiary alicyclic amines) is 1. The lowest BCUT2D eigenvalue weighted by Crippen LogP contribution is -2.38. The van der Waals surface area contributed by atoms with E-state index in [2.05, 4.69) is 31.1 Å². The standard InChI is InChI=1S/C15H21BrN4O.HI/c16-12-6-5-7-13(10-12)19-14(21)11-18-15(17)20-8-3-1-2-4-9-20;/h5-7,10H,1-4,8-9,11H2,(H2,17,18)(H,19,21);1H. The molecule has 0 aliphatic carbocycles. The van der Waals surface area contributed by atoms with Crippen molar-refractivity contribution in [3.63, 3.8) is 0 Å². The van der Waals surface area contributed by atoms with Crippen LogP contribution in [0.1, 0.15) is 25.7 Å². The summed E-state index contributed by atoms with van der Waals surface area (Å²) in [6.45, 7) is 1.92. The molecule has 0 aromatic heterocycles. The van der Waals surface area contributed by atoms with Gasteiger partial charge in [-0.15, -0.1) is 24.0 Å². The minimum atomic E-state index is -0.161. The van der Waals surface area contributed by atoms with Crippen molar-refractivity contribution in [2.75, 3.05) is 25.0 Å². The largest absolute Gasteiger partial charge is 0.370 e. The third-order valence-electron chi connectivity index (χ3n) is 3.42. The quantitative estimate of drug-likeness (QED) is 0.396. The van der Waals surface area contributed by atoms with Crippen LogP contribution in [0.25, 0.3) is 0 Å². The van der Waals surface area contributed by atoms with E-state index in [4.69, 9.17) is 5.73 Å². The van der Waals surface area contributed by atoms with E-state index in [1.807, 2.05) is 24.3 Å². The van der Waals surface area contributed by atoms with Gasteiger partial charge < -0.3 is 16.0 Å². The second-order valence-corrected chi connectivity index (χ2v) is 6.05. The number of nitrogens with one attached hydrogen (secondary N) is 1. The van der Waals surface area contributed by atoms with Gasteiger partial charge in [-0.25, -0.2) is 4.99 Å². The van der Waals surface area contributed by atoms with Crippen molar-refractivity contribution < 1.29 is 4.79 Å². The molecular weight excluding hydrogens is 459 g/mol. The fraction of sp³-hybridized carbons (Fsp3) is 0.467. The molecule has 122 valence electrons. The Labute approximate surface area is 156 Å². The molecule has 7 heteroatoms. The molecule has 1 amide bonds. The first kappa shape index (κ1) is 19.2. The van der Waals surface area contributed by atoms with Crippen LogP contribution in [-0.4, -0.2) is 36.4 Å². The Kier molecular flexibility index (Phi) is 8.77. The van der Waals surface area contributed by atoms with Gasteiger partial charge in [0, 0.05) is 23.2 Å². The maximum absolute atomic E-state index is 11.9. The Morgan fingerprint density at radius 1 is 1.27 bits per heavy atom. The van der Waals surface area contributed by atoms with E-state index in [0.717, 1.165) is 36.1 Å². The third-order valence-corrected chi connectivity index (χ3v) is 3.92. The van der Waals surface area contributed by atoms with Crippen LogP contribution in [0.15, 0.2) is 33.7 Å². The molecule has 2 rings (SSSR count). The van der Waals surface area contributed by atoms with Crippen LogP contribution in [0.4, 0.5) is 5.69 Å². The van der Waals surface area contributed by atoms with E-state index < -0.39 is 0 Å². The zero-order valence-corrected chi connectivity index (χ0v) is 16.3. The number of halogens is 2. The molecule has 0 bridgehead atoms. The first-order chi connectivity index (χ1) is 10.1. The maximum atomic E-state index is 11.9. The number of amides is 1. The molecule has 1 aromatic rings. The van der Waals surface area contributed by atoms with Crippen LogP contribution in [0, 0.1) is 0 Å². The van der Waals surface area contributed by atoms with Gasteiger partial charge in [0.1, 0.15) is 6.54 Å². The van der Waals surface area contributed by atoms with E-state index in [9.17, 15) is 4.79 Å². The molecule has 0 radical (unpaired) electrons. The average Bonchev–Trinajstić information content (AvgIpc) is 2.74. The Hall–Kier alpha value is -0.830. The summed E-state index contributed by atoms with van der Waals surface area (Å²) in [6.07, 6.45) is 4.77. The fourth-order valence-electron chi connectivity index (χ4n) is 2.32. The van der Waals surface area contributed by atoms with Gasteiger partial charge in [0.15, 0.2) is 5.96 Å². The molecular formula is C15H22BrIN4O. The van der Waals surface area contributed by atoms with Crippen LogP contribution in [0.5, 0.6) is 0 Å². The topological polar surface area (TPSA) is 70.7 Å². The number of benzene rings is 1. The van der Waals surface area contributed by atoms with Gasteiger partial charge in [-0.3, -0.25) is 4.79 Å². The highest BCUT2D eigenvalue weighted by Gasteiger charge is 2.11. The van der Waals surface area contributed by atoms with Gasteiger partial charge in [0.25, 0.3) is 0 Å². The van der Waals surface area contributed by atoms with Gasteiger partial charge in [0.2, 0.25) is 5.91 Å². The highest BCUT2D eigenvalue weighted by atomic mass is 127. The molecule has 0 saturated carbocycles. The number of hydrogen-bond acceptors (Lipinski definition) is 2. The van der Waals surface area contributed by atoms with Crippen molar-refractivity contribution in [1.29, 1.82) is 0 Å². The van der Waals surface area contributed by atoms with E-state index >= 15 is 0 Å². The van der Waals surface area contributed by atoms with Gasteiger partial charge >= 0.3 is 0 Å². The summed E-state index contributed by atoms with van der Waals surface area (Å²) in [4.78, 5) is 18.1. The highest BCUT2D eigenvalue weighted by Crippen LogP contribution is 2.15. The van der Waals surface area contributed by atoms with Gasteiger partial charge in [-0.2, -0.15) is 0 Å².